The van der Waals surface area contributed by atoms with Gasteiger partial charge in [-0.3, -0.25) is 4.79 Å². The Hall–Kier alpha value is -2.10. The van der Waals surface area contributed by atoms with Crippen molar-refractivity contribution in [1.29, 1.82) is 0 Å². The first-order valence-corrected chi connectivity index (χ1v) is 8.77. The zero-order valence-electron chi connectivity index (χ0n) is 13.5. The number of benzene rings is 1. The van der Waals surface area contributed by atoms with Crippen molar-refractivity contribution < 1.29 is 23.1 Å². The van der Waals surface area contributed by atoms with Crippen LogP contribution in [0.15, 0.2) is 50.8 Å². The van der Waals surface area contributed by atoms with Crippen LogP contribution in [0.1, 0.15) is 13.8 Å². The lowest BCUT2D eigenvalue weighted by Gasteiger charge is -2.25. The summed E-state index contributed by atoms with van der Waals surface area (Å²) in [5, 5.41) is 16.9. The second-order valence-corrected chi connectivity index (χ2v) is 7.14. The fourth-order valence-corrected chi connectivity index (χ4v) is 3.53. The molecule has 0 radical (unpaired) electrons. The summed E-state index contributed by atoms with van der Waals surface area (Å²) in [4.78, 5) is 11.5. The van der Waals surface area contributed by atoms with Gasteiger partial charge in [-0.05, 0) is 31.2 Å². The number of nitrogens with zero attached hydrogens (tertiary/aromatic N) is 3. The first kappa shape index (κ1) is 18.2. The maximum atomic E-state index is 12.5. The predicted octanol–water partition coefficient (Wildman–Crippen LogP) is 2.17. The fourth-order valence-electron chi connectivity index (χ4n) is 2.13. The summed E-state index contributed by atoms with van der Waals surface area (Å²) in [6.07, 6.45) is 0. The number of aliphatic hydroxyl groups is 1. The number of azo groups is 1. The molecule has 0 atom stereocenters. The van der Waals surface area contributed by atoms with Crippen molar-refractivity contribution in [2.24, 2.45) is 10.2 Å². The molecule has 0 amide bonds. The zero-order chi connectivity index (χ0) is 17.7. The Bertz CT molecular complexity index is 759. The third-order valence-corrected chi connectivity index (χ3v) is 5.30. The van der Waals surface area contributed by atoms with E-state index in [1.807, 2.05) is 0 Å². The van der Waals surface area contributed by atoms with E-state index in [2.05, 4.69) is 10.2 Å². The Labute approximate surface area is 140 Å². The van der Waals surface area contributed by atoms with E-state index in [0.717, 1.165) is 0 Å². The lowest BCUT2D eigenvalue weighted by Crippen LogP contribution is -2.40. The summed E-state index contributed by atoms with van der Waals surface area (Å²) in [7, 11) is -3.56. The highest BCUT2D eigenvalue weighted by molar-refractivity contribution is 7.89. The molecular formula is C15H19N3O5S. The topological polar surface area (TPSA) is 109 Å². The number of Topliss-reactive ketones (excluding diaryl/α,β-unsaturated/α-hetero) is 1. The molecule has 9 heteroatoms. The minimum atomic E-state index is -3.56. The van der Waals surface area contributed by atoms with E-state index in [1.54, 1.807) is 0 Å². The fraction of sp³-hybridized carbons (Fsp3) is 0.400. The summed E-state index contributed by atoms with van der Waals surface area (Å²) in [5.74, 6) is -0.636. The van der Waals surface area contributed by atoms with E-state index in [0.29, 0.717) is 32.0 Å². The normalized spacial score (nSPS) is 17.8. The summed E-state index contributed by atoms with van der Waals surface area (Å²) < 4.78 is 31.5. The molecule has 0 aromatic heterocycles. The van der Waals surface area contributed by atoms with Crippen LogP contribution < -0.4 is 0 Å². The van der Waals surface area contributed by atoms with Crippen LogP contribution in [-0.4, -0.2) is 49.9 Å². The molecule has 24 heavy (non-hydrogen) atoms. The van der Waals surface area contributed by atoms with Crippen molar-refractivity contribution >= 4 is 21.5 Å². The van der Waals surface area contributed by atoms with Crippen LogP contribution in [0.4, 0.5) is 5.69 Å². The summed E-state index contributed by atoms with van der Waals surface area (Å²) in [5.41, 5.74) is 0.232. The minimum Gasteiger partial charge on any atom is -0.510 e. The van der Waals surface area contributed by atoms with Crippen LogP contribution in [0.25, 0.3) is 0 Å². The van der Waals surface area contributed by atoms with Gasteiger partial charge in [0.05, 0.1) is 23.8 Å². The molecule has 1 N–H and O–H groups in total. The molecule has 0 saturated carbocycles. The van der Waals surface area contributed by atoms with E-state index in [1.165, 1.54) is 42.4 Å². The highest BCUT2D eigenvalue weighted by Gasteiger charge is 2.26. The lowest BCUT2D eigenvalue weighted by atomic mass is 10.3. The van der Waals surface area contributed by atoms with Gasteiger partial charge in [-0.1, -0.05) is 0 Å². The van der Waals surface area contributed by atoms with Gasteiger partial charge in [0.2, 0.25) is 10.0 Å². The predicted molar refractivity (Wildman–Crippen MR) is 86.5 cm³/mol. The zero-order valence-corrected chi connectivity index (χ0v) is 14.3. The van der Waals surface area contributed by atoms with Crippen LogP contribution in [0.2, 0.25) is 0 Å². The Morgan fingerprint density at radius 3 is 2.25 bits per heavy atom. The Balaban J connectivity index is 2.19. The van der Waals surface area contributed by atoms with Crippen LogP contribution in [0.5, 0.6) is 0 Å². The largest absolute Gasteiger partial charge is 0.510 e. The van der Waals surface area contributed by atoms with Crippen molar-refractivity contribution in [3.05, 3.63) is 35.7 Å². The van der Waals surface area contributed by atoms with Gasteiger partial charge in [0.15, 0.2) is 11.5 Å². The summed E-state index contributed by atoms with van der Waals surface area (Å²) >= 11 is 0. The maximum Gasteiger partial charge on any atom is 0.243 e. The van der Waals surface area contributed by atoms with Gasteiger partial charge >= 0.3 is 0 Å². The molecule has 1 aliphatic rings. The first-order chi connectivity index (χ1) is 11.3. The minimum absolute atomic E-state index is 0.139. The van der Waals surface area contributed by atoms with Gasteiger partial charge in [-0.25, -0.2) is 8.42 Å². The average molecular weight is 353 g/mol. The number of rotatable bonds is 5. The number of hydrogen-bond acceptors (Lipinski definition) is 7. The van der Waals surface area contributed by atoms with Crippen LogP contribution >= 0.6 is 0 Å². The van der Waals surface area contributed by atoms with Gasteiger partial charge < -0.3 is 9.84 Å². The van der Waals surface area contributed by atoms with Crippen molar-refractivity contribution in [3.8, 4) is 0 Å². The lowest BCUT2D eigenvalue weighted by molar-refractivity contribution is -0.113. The smallest absolute Gasteiger partial charge is 0.243 e. The number of morpholine rings is 1. The molecule has 1 fully saturated rings. The van der Waals surface area contributed by atoms with Gasteiger partial charge in [-0.2, -0.15) is 9.42 Å². The molecule has 1 heterocycles. The molecule has 0 aliphatic carbocycles. The number of carbonyl (C=O) groups is 1. The Kier molecular flexibility index (Phi) is 5.81. The van der Waals surface area contributed by atoms with Crippen LogP contribution in [0, 0.1) is 0 Å². The first-order valence-electron chi connectivity index (χ1n) is 7.33. The Morgan fingerprint density at radius 1 is 1.17 bits per heavy atom. The van der Waals surface area contributed by atoms with Crippen molar-refractivity contribution in [2.75, 3.05) is 26.3 Å². The molecular weight excluding hydrogens is 334 g/mol. The molecule has 1 aromatic carbocycles. The van der Waals surface area contributed by atoms with Gasteiger partial charge in [-0.15, -0.1) is 5.11 Å². The van der Waals surface area contributed by atoms with Crippen molar-refractivity contribution in [1.82, 2.24) is 4.31 Å². The number of aliphatic hydroxyl groups excluding tert-OH is 1. The molecule has 130 valence electrons. The quantitative estimate of drug-likeness (QED) is 0.496. The number of ketones is 1. The maximum absolute atomic E-state index is 12.5. The molecule has 1 saturated heterocycles. The Morgan fingerprint density at radius 2 is 1.75 bits per heavy atom. The monoisotopic (exact) mass is 353 g/mol. The van der Waals surface area contributed by atoms with Crippen molar-refractivity contribution in [3.63, 3.8) is 0 Å². The third kappa shape index (κ3) is 4.25. The number of sulfonamides is 1. The van der Waals surface area contributed by atoms with E-state index in [4.69, 9.17) is 4.74 Å². The number of ether oxygens (including phenoxy) is 1. The number of carbonyl (C=O) groups excluding carboxylic acids is 1. The van der Waals surface area contributed by atoms with Gasteiger partial charge in [0.1, 0.15) is 5.76 Å². The van der Waals surface area contributed by atoms with Crippen molar-refractivity contribution in [2.45, 2.75) is 18.7 Å². The molecule has 0 unspecified atom stereocenters. The van der Waals surface area contributed by atoms with E-state index < -0.39 is 15.8 Å². The second-order valence-electron chi connectivity index (χ2n) is 5.20. The highest BCUT2D eigenvalue weighted by atomic mass is 32.2. The molecule has 0 spiro atoms. The van der Waals surface area contributed by atoms with Gasteiger partial charge in [0, 0.05) is 20.0 Å². The number of hydrogen-bond donors (Lipinski definition) is 1. The summed E-state index contributed by atoms with van der Waals surface area (Å²) in [6.45, 7) is 4.02. The highest BCUT2D eigenvalue weighted by Crippen LogP contribution is 2.21. The number of allylic oxidation sites excluding steroid dienone is 2. The van der Waals surface area contributed by atoms with Crippen LogP contribution in [0.3, 0.4) is 0 Å². The molecule has 0 bridgehead atoms. The molecule has 1 aliphatic heterocycles. The van der Waals surface area contributed by atoms with E-state index >= 15 is 0 Å². The standard InChI is InChI=1S/C15H19N3O5S/c1-11(19)15(12(2)20)17-16-13-3-5-14(6-4-13)24(21,22)18-7-9-23-10-8-18/h3-6,19H,7-10H2,1-2H3/b15-11+,17-16?. The van der Waals surface area contributed by atoms with Gasteiger partial charge in [0.25, 0.3) is 0 Å². The summed E-state index contributed by atoms with van der Waals surface area (Å²) in [6, 6.07) is 5.84. The van der Waals surface area contributed by atoms with E-state index in [9.17, 15) is 18.3 Å². The molecule has 1 aromatic rings. The molecule has 8 nitrogen and oxygen atoms in total. The second kappa shape index (κ2) is 7.65. The van der Waals surface area contributed by atoms with E-state index in [-0.39, 0.29) is 16.4 Å². The van der Waals surface area contributed by atoms with Crippen LogP contribution in [-0.2, 0) is 19.6 Å². The average Bonchev–Trinajstić information content (AvgIpc) is 2.55. The molecule has 2 rings (SSSR count). The third-order valence-electron chi connectivity index (χ3n) is 3.39. The SMILES string of the molecule is CC(=O)/C(N=Nc1ccc(S(=O)(=O)N2CCOCC2)cc1)=C(/C)O.